The third-order valence-electron chi connectivity index (χ3n) is 3.06. The SMILES string of the molecule is CCc1n[nH]c(=S)n1NCc1c(Br)ccc(OC)c1OC. The van der Waals surface area contributed by atoms with Crippen molar-refractivity contribution >= 4 is 28.1 Å². The lowest BCUT2D eigenvalue weighted by Crippen LogP contribution is -2.18. The third kappa shape index (κ3) is 3.21. The Balaban J connectivity index is 2.31. The van der Waals surface area contributed by atoms with Crippen LogP contribution >= 0.6 is 28.1 Å². The molecule has 2 N–H and O–H groups in total. The van der Waals surface area contributed by atoms with Crippen LogP contribution in [0.2, 0.25) is 0 Å². The van der Waals surface area contributed by atoms with Crippen LogP contribution in [0.15, 0.2) is 16.6 Å². The first-order valence-electron chi connectivity index (χ1n) is 6.41. The van der Waals surface area contributed by atoms with Crippen molar-refractivity contribution in [1.82, 2.24) is 14.9 Å². The molecule has 21 heavy (non-hydrogen) atoms. The van der Waals surface area contributed by atoms with Crippen LogP contribution in [0.3, 0.4) is 0 Å². The van der Waals surface area contributed by atoms with Gasteiger partial charge in [0.15, 0.2) is 17.3 Å². The van der Waals surface area contributed by atoms with E-state index in [-0.39, 0.29) is 0 Å². The third-order valence-corrected chi connectivity index (χ3v) is 4.08. The molecule has 114 valence electrons. The van der Waals surface area contributed by atoms with Gasteiger partial charge in [0.05, 0.1) is 20.8 Å². The maximum Gasteiger partial charge on any atom is 0.214 e. The number of hydrogen-bond acceptors (Lipinski definition) is 5. The highest BCUT2D eigenvalue weighted by atomic mass is 79.9. The highest BCUT2D eigenvalue weighted by Gasteiger charge is 2.14. The first kappa shape index (κ1) is 15.8. The fourth-order valence-electron chi connectivity index (χ4n) is 2.02. The highest BCUT2D eigenvalue weighted by Crippen LogP contribution is 2.36. The Morgan fingerprint density at radius 2 is 2.14 bits per heavy atom. The van der Waals surface area contributed by atoms with Gasteiger partial charge in [-0.25, -0.2) is 4.68 Å². The molecule has 0 fully saturated rings. The highest BCUT2D eigenvalue weighted by molar-refractivity contribution is 9.10. The minimum Gasteiger partial charge on any atom is -0.493 e. The van der Waals surface area contributed by atoms with Gasteiger partial charge in [-0.1, -0.05) is 22.9 Å². The lowest BCUT2D eigenvalue weighted by atomic mass is 10.2. The van der Waals surface area contributed by atoms with Crippen molar-refractivity contribution in [2.24, 2.45) is 0 Å². The van der Waals surface area contributed by atoms with E-state index in [1.165, 1.54) is 0 Å². The lowest BCUT2D eigenvalue weighted by molar-refractivity contribution is 0.351. The zero-order valence-electron chi connectivity index (χ0n) is 12.1. The second-order valence-corrected chi connectivity index (χ2v) is 5.47. The Kier molecular flexibility index (Phi) is 5.24. The molecule has 1 aromatic heterocycles. The standard InChI is InChI=1S/C13H17BrN4O2S/c1-4-11-16-17-13(21)18(11)15-7-8-9(14)5-6-10(19-2)12(8)20-3/h5-6,15H,4,7H2,1-3H3,(H,17,21). The maximum atomic E-state index is 5.45. The van der Waals surface area contributed by atoms with Crippen molar-refractivity contribution in [1.29, 1.82) is 0 Å². The first-order valence-corrected chi connectivity index (χ1v) is 7.62. The molecule has 1 aromatic carbocycles. The molecule has 0 atom stereocenters. The zero-order chi connectivity index (χ0) is 15.4. The van der Waals surface area contributed by atoms with Gasteiger partial charge in [-0.2, -0.15) is 5.10 Å². The summed E-state index contributed by atoms with van der Waals surface area (Å²) in [7, 11) is 3.24. The Morgan fingerprint density at radius 1 is 1.38 bits per heavy atom. The number of hydrogen-bond donors (Lipinski definition) is 2. The van der Waals surface area contributed by atoms with E-state index in [1.54, 1.807) is 18.9 Å². The normalized spacial score (nSPS) is 10.5. The van der Waals surface area contributed by atoms with Gasteiger partial charge in [-0.05, 0) is 24.4 Å². The summed E-state index contributed by atoms with van der Waals surface area (Å²) >= 11 is 8.75. The Hall–Kier alpha value is -1.54. The molecule has 0 unspecified atom stereocenters. The number of methoxy groups -OCH3 is 2. The number of rotatable bonds is 6. The molecule has 0 saturated carbocycles. The van der Waals surface area contributed by atoms with Crippen LogP contribution in [0.4, 0.5) is 0 Å². The topological polar surface area (TPSA) is 64.1 Å². The van der Waals surface area contributed by atoms with E-state index >= 15 is 0 Å². The van der Waals surface area contributed by atoms with E-state index in [0.717, 1.165) is 22.3 Å². The van der Waals surface area contributed by atoms with Crippen LogP contribution in [0.25, 0.3) is 0 Å². The molecular formula is C13H17BrN4O2S. The van der Waals surface area contributed by atoms with Crippen LogP contribution in [0, 0.1) is 4.77 Å². The number of H-pyrrole nitrogens is 1. The van der Waals surface area contributed by atoms with Crippen LogP contribution in [0.1, 0.15) is 18.3 Å². The van der Waals surface area contributed by atoms with Crippen molar-refractivity contribution in [3.63, 3.8) is 0 Å². The molecule has 0 saturated heterocycles. The van der Waals surface area contributed by atoms with E-state index in [2.05, 4.69) is 31.6 Å². The number of aromatic amines is 1. The number of nitrogens with zero attached hydrogens (tertiary/aromatic N) is 2. The summed E-state index contributed by atoms with van der Waals surface area (Å²) in [5, 5.41) is 6.94. The smallest absolute Gasteiger partial charge is 0.214 e. The summed E-state index contributed by atoms with van der Waals surface area (Å²) in [5.41, 5.74) is 4.20. The van der Waals surface area contributed by atoms with Crippen molar-refractivity contribution in [2.75, 3.05) is 19.6 Å². The van der Waals surface area contributed by atoms with Crippen molar-refractivity contribution in [3.05, 3.63) is 32.8 Å². The molecule has 0 aliphatic carbocycles. The van der Waals surface area contributed by atoms with Crippen LogP contribution in [-0.2, 0) is 13.0 Å². The summed E-state index contributed by atoms with van der Waals surface area (Å²) < 4.78 is 14.0. The van der Waals surface area contributed by atoms with Gasteiger partial charge in [0.2, 0.25) is 4.77 Å². The van der Waals surface area contributed by atoms with Gasteiger partial charge in [-0.15, -0.1) is 0 Å². The molecular weight excluding hydrogens is 356 g/mol. The molecule has 0 amide bonds. The Morgan fingerprint density at radius 3 is 2.76 bits per heavy atom. The second kappa shape index (κ2) is 6.95. The summed E-state index contributed by atoms with van der Waals surface area (Å²) in [6, 6.07) is 3.78. The molecule has 0 spiro atoms. The molecule has 2 rings (SSSR count). The van der Waals surface area contributed by atoms with Crippen molar-refractivity contribution in [3.8, 4) is 11.5 Å². The number of aryl methyl sites for hydroxylation is 1. The van der Waals surface area contributed by atoms with E-state index in [1.807, 2.05) is 19.1 Å². The summed E-state index contributed by atoms with van der Waals surface area (Å²) in [6.45, 7) is 2.53. The van der Waals surface area contributed by atoms with Gasteiger partial charge < -0.3 is 14.9 Å². The van der Waals surface area contributed by atoms with Gasteiger partial charge in [0.1, 0.15) is 0 Å². The van der Waals surface area contributed by atoms with E-state index < -0.39 is 0 Å². The summed E-state index contributed by atoms with van der Waals surface area (Å²) in [5.74, 6) is 2.22. The fraction of sp³-hybridized carbons (Fsp3) is 0.385. The van der Waals surface area contributed by atoms with Crippen LogP contribution in [-0.4, -0.2) is 29.1 Å². The van der Waals surface area contributed by atoms with Crippen molar-refractivity contribution < 1.29 is 9.47 Å². The number of benzene rings is 1. The van der Waals surface area contributed by atoms with Crippen LogP contribution < -0.4 is 14.9 Å². The number of ether oxygens (including phenoxy) is 2. The minimum absolute atomic E-state index is 0.516. The maximum absolute atomic E-state index is 5.45. The predicted octanol–water partition coefficient (Wildman–Crippen LogP) is 3.03. The number of nitrogens with one attached hydrogen (secondary N) is 2. The molecule has 1 heterocycles. The van der Waals surface area contributed by atoms with Gasteiger partial charge in [0, 0.05) is 16.5 Å². The fourth-order valence-corrected chi connectivity index (χ4v) is 2.69. The quantitative estimate of drug-likeness (QED) is 0.763. The molecule has 0 bridgehead atoms. The largest absolute Gasteiger partial charge is 0.493 e. The van der Waals surface area contributed by atoms with Gasteiger partial charge in [-0.3, -0.25) is 5.10 Å². The Bertz CT molecular complexity index is 683. The molecule has 0 radical (unpaired) electrons. The Labute approximate surface area is 136 Å². The molecule has 0 aliphatic heterocycles. The summed E-state index contributed by atoms with van der Waals surface area (Å²) in [6.07, 6.45) is 0.774. The number of aromatic nitrogens is 3. The summed E-state index contributed by atoms with van der Waals surface area (Å²) in [4.78, 5) is 0. The average molecular weight is 373 g/mol. The zero-order valence-corrected chi connectivity index (χ0v) is 14.5. The van der Waals surface area contributed by atoms with Crippen LogP contribution in [0.5, 0.6) is 11.5 Å². The monoisotopic (exact) mass is 372 g/mol. The van der Waals surface area contributed by atoms with E-state index in [4.69, 9.17) is 21.7 Å². The lowest BCUT2D eigenvalue weighted by Gasteiger charge is -2.16. The molecule has 6 nitrogen and oxygen atoms in total. The van der Waals surface area contributed by atoms with Crippen molar-refractivity contribution in [2.45, 2.75) is 19.9 Å². The predicted molar refractivity (Wildman–Crippen MR) is 87.1 cm³/mol. The molecule has 2 aromatic rings. The first-order chi connectivity index (χ1) is 10.1. The number of halogens is 1. The van der Waals surface area contributed by atoms with E-state index in [9.17, 15) is 0 Å². The second-order valence-electron chi connectivity index (χ2n) is 4.23. The average Bonchev–Trinajstić information content (AvgIpc) is 2.85. The van der Waals surface area contributed by atoms with E-state index in [0.29, 0.717) is 22.8 Å². The minimum atomic E-state index is 0.516. The molecule has 0 aliphatic rings. The van der Waals surface area contributed by atoms with Gasteiger partial charge in [0.25, 0.3) is 0 Å². The van der Waals surface area contributed by atoms with Gasteiger partial charge >= 0.3 is 0 Å². The molecule has 8 heteroatoms.